The summed E-state index contributed by atoms with van der Waals surface area (Å²) in [5, 5.41) is 3.26. The summed E-state index contributed by atoms with van der Waals surface area (Å²) in [6.45, 7) is 0. The van der Waals surface area contributed by atoms with Gasteiger partial charge in [-0.1, -0.05) is 0 Å². The van der Waals surface area contributed by atoms with Crippen molar-refractivity contribution >= 4 is 22.8 Å². The van der Waals surface area contributed by atoms with Gasteiger partial charge in [0.2, 0.25) is 11.8 Å². The number of hydrogen-bond donors (Lipinski definition) is 1. The highest BCUT2D eigenvalue weighted by atomic mass is 16.2. The molecular weight excluding hydrogens is 206 g/mol. The standard InChI is InChI=1S/C11H9N3O2/c15-9-6-8(11(16)13-9)14-5-3-7-2-1-4-12-10(7)14/h1-5,8H,6H2,(H,13,15,16). The molecule has 0 aliphatic carbocycles. The van der Waals surface area contributed by atoms with Gasteiger partial charge in [-0.2, -0.15) is 0 Å². The lowest BCUT2D eigenvalue weighted by atomic mass is 10.2. The van der Waals surface area contributed by atoms with Gasteiger partial charge in [0, 0.05) is 17.8 Å². The number of imide groups is 1. The summed E-state index contributed by atoms with van der Waals surface area (Å²) in [5.41, 5.74) is 0.734. The van der Waals surface area contributed by atoms with Crippen molar-refractivity contribution in [2.45, 2.75) is 12.5 Å². The highest BCUT2D eigenvalue weighted by Gasteiger charge is 2.32. The number of amides is 2. The number of fused-ring (bicyclic) bond motifs is 1. The van der Waals surface area contributed by atoms with Crippen LogP contribution in [0.4, 0.5) is 0 Å². The van der Waals surface area contributed by atoms with Crippen LogP contribution in [0, 0.1) is 0 Å². The Morgan fingerprint density at radius 1 is 1.38 bits per heavy atom. The lowest BCUT2D eigenvalue weighted by Gasteiger charge is -2.08. The van der Waals surface area contributed by atoms with Crippen molar-refractivity contribution in [1.29, 1.82) is 0 Å². The van der Waals surface area contributed by atoms with E-state index < -0.39 is 6.04 Å². The fourth-order valence-corrected chi connectivity index (χ4v) is 2.00. The minimum atomic E-state index is -0.458. The first-order valence-electron chi connectivity index (χ1n) is 5.01. The van der Waals surface area contributed by atoms with E-state index in [4.69, 9.17) is 0 Å². The van der Waals surface area contributed by atoms with Crippen molar-refractivity contribution in [2.75, 3.05) is 0 Å². The van der Waals surface area contributed by atoms with Gasteiger partial charge in [-0.15, -0.1) is 0 Å². The van der Waals surface area contributed by atoms with E-state index in [1.54, 1.807) is 17.0 Å². The van der Waals surface area contributed by atoms with Crippen molar-refractivity contribution in [3.63, 3.8) is 0 Å². The number of pyridine rings is 1. The minimum Gasteiger partial charge on any atom is -0.319 e. The summed E-state index contributed by atoms with van der Waals surface area (Å²) in [7, 11) is 0. The summed E-state index contributed by atoms with van der Waals surface area (Å²) >= 11 is 0. The summed E-state index contributed by atoms with van der Waals surface area (Å²) in [6.07, 6.45) is 3.66. The Bertz CT molecular complexity index is 588. The van der Waals surface area contributed by atoms with Crippen LogP contribution in [0.15, 0.2) is 30.6 Å². The molecule has 3 rings (SSSR count). The van der Waals surface area contributed by atoms with Crippen molar-refractivity contribution in [2.24, 2.45) is 0 Å². The smallest absolute Gasteiger partial charge is 0.250 e. The molecule has 1 unspecified atom stereocenters. The van der Waals surface area contributed by atoms with Gasteiger partial charge >= 0.3 is 0 Å². The maximum atomic E-state index is 11.5. The van der Waals surface area contributed by atoms with Crippen LogP contribution in [0.5, 0.6) is 0 Å². The summed E-state index contributed by atoms with van der Waals surface area (Å²) in [4.78, 5) is 26.9. The quantitative estimate of drug-likeness (QED) is 0.709. The molecule has 1 fully saturated rings. The first-order chi connectivity index (χ1) is 7.75. The van der Waals surface area contributed by atoms with E-state index >= 15 is 0 Å². The molecule has 0 spiro atoms. The average Bonchev–Trinajstić information content (AvgIpc) is 2.81. The van der Waals surface area contributed by atoms with E-state index in [1.807, 2.05) is 18.2 Å². The van der Waals surface area contributed by atoms with Crippen LogP contribution < -0.4 is 5.32 Å². The zero-order valence-electron chi connectivity index (χ0n) is 8.38. The Balaban J connectivity index is 2.13. The molecule has 0 radical (unpaired) electrons. The third kappa shape index (κ3) is 1.21. The van der Waals surface area contributed by atoms with Gasteiger partial charge in [0.15, 0.2) is 0 Å². The maximum Gasteiger partial charge on any atom is 0.250 e. The Morgan fingerprint density at radius 2 is 2.25 bits per heavy atom. The molecule has 2 aromatic heterocycles. The highest BCUT2D eigenvalue weighted by molar-refractivity contribution is 6.05. The van der Waals surface area contributed by atoms with Crippen molar-refractivity contribution in [3.05, 3.63) is 30.6 Å². The third-order valence-corrected chi connectivity index (χ3v) is 2.76. The normalized spacial score (nSPS) is 20.4. The number of hydrogen-bond acceptors (Lipinski definition) is 3. The lowest BCUT2D eigenvalue weighted by Crippen LogP contribution is -2.23. The Hall–Kier alpha value is -2.17. The van der Waals surface area contributed by atoms with Crippen LogP contribution in [0.25, 0.3) is 11.0 Å². The van der Waals surface area contributed by atoms with Crippen LogP contribution in [0.1, 0.15) is 12.5 Å². The second kappa shape index (κ2) is 3.16. The molecule has 3 heterocycles. The highest BCUT2D eigenvalue weighted by Crippen LogP contribution is 2.23. The van der Waals surface area contributed by atoms with E-state index in [-0.39, 0.29) is 18.2 Å². The van der Waals surface area contributed by atoms with Crippen LogP contribution in [-0.4, -0.2) is 21.4 Å². The number of nitrogens with zero attached hydrogens (tertiary/aromatic N) is 2. The zero-order chi connectivity index (χ0) is 11.1. The van der Waals surface area contributed by atoms with Crippen molar-refractivity contribution in [1.82, 2.24) is 14.9 Å². The average molecular weight is 215 g/mol. The van der Waals surface area contributed by atoms with Gasteiger partial charge in [-0.25, -0.2) is 4.98 Å². The Kier molecular flexibility index (Phi) is 1.80. The molecular formula is C11H9N3O2. The molecule has 1 aliphatic rings. The first-order valence-corrected chi connectivity index (χ1v) is 5.01. The van der Waals surface area contributed by atoms with Crippen molar-refractivity contribution < 1.29 is 9.59 Å². The number of rotatable bonds is 1. The van der Waals surface area contributed by atoms with Crippen molar-refractivity contribution in [3.8, 4) is 0 Å². The summed E-state index contributed by atoms with van der Waals surface area (Å²) in [6, 6.07) is 5.19. The van der Waals surface area contributed by atoms with Crippen LogP contribution in [-0.2, 0) is 9.59 Å². The molecule has 5 nitrogen and oxygen atoms in total. The molecule has 5 heteroatoms. The SMILES string of the molecule is O=C1CC(n2ccc3cccnc32)C(=O)N1. The van der Waals surface area contributed by atoms with Crippen LogP contribution >= 0.6 is 0 Å². The molecule has 1 saturated heterocycles. The Labute approximate surface area is 91.1 Å². The second-order valence-corrected chi connectivity index (χ2v) is 3.77. The maximum absolute atomic E-state index is 11.5. The largest absolute Gasteiger partial charge is 0.319 e. The zero-order valence-corrected chi connectivity index (χ0v) is 8.38. The van der Waals surface area contributed by atoms with Gasteiger partial charge in [0.1, 0.15) is 11.7 Å². The topological polar surface area (TPSA) is 64.0 Å². The molecule has 0 saturated carbocycles. The predicted octanol–water partition coefficient (Wildman–Crippen LogP) is 0.624. The van der Waals surface area contributed by atoms with E-state index in [0.29, 0.717) is 0 Å². The minimum absolute atomic E-state index is 0.194. The molecule has 0 aromatic carbocycles. The molecule has 1 aliphatic heterocycles. The number of nitrogens with one attached hydrogen (secondary N) is 1. The van der Waals surface area contributed by atoms with Gasteiger partial charge < -0.3 is 4.57 Å². The second-order valence-electron chi connectivity index (χ2n) is 3.77. The molecule has 0 bridgehead atoms. The van der Waals surface area contributed by atoms with E-state index in [1.165, 1.54) is 0 Å². The molecule has 80 valence electrons. The predicted molar refractivity (Wildman–Crippen MR) is 56.5 cm³/mol. The molecule has 1 N–H and O–H groups in total. The van der Waals surface area contributed by atoms with Gasteiger partial charge in [-0.05, 0) is 18.2 Å². The summed E-state index contributed by atoms with van der Waals surface area (Å²) in [5.74, 6) is -0.485. The molecule has 2 amide bonds. The molecule has 1 atom stereocenters. The summed E-state index contributed by atoms with van der Waals surface area (Å²) < 4.78 is 1.75. The van der Waals surface area contributed by atoms with E-state index in [2.05, 4.69) is 10.3 Å². The third-order valence-electron chi connectivity index (χ3n) is 2.76. The Morgan fingerprint density at radius 3 is 3.00 bits per heavy atom. The number of carbonyl (C=O) groups excluding carboxylic acids is 2. The fraction of sp³-hybridized carbons (Fsp3) is 0.182. The molecule has 16 heavy (non-hydrogen) atoms. The number of carbonyl (C=O) groups is 2. The fourth-order valence-electron chi connectivity index (χ4n) is 2.00. The first kappa shape index (κ1) is 9.08. The van der Waals surface area contributed by atoms with Gasteiger partial charge in [-0.3, -0.25) is 14.9 Å². The molecule has 2 aromatic rings. The van der Waals surface area contributed by atoms with Crippen LogP contribution in [0.2, 0.25) is 0 Å². The monoisotopic (exact) mass is 215 g/mol. The van der Waals surface area contributed by atoms with Gasteiger partial charge in [0.25, 0.3) is 0 Å². The van der Waals surface area contributed by atoms with E-state index in [0.717, 1.165) is 11.0 Å². The van der Waals surface area contributed by atoms with Crippen LogP contribution in [0.3, 0.4) is 0 Å². The number of aromatic nitrogens is 2. The van der Waals surface area contributed by atoms with E-state index in [9.17, 15) is 9.59 Å². The lowest BCUT2D eigenvalue weighted by molar-refractivity contribution is -0.125. The van der Waals surface area contributed by atoms with Gasteiger partial charge in [0.05, 0.1) is 6.42 Å².